The Morgan fingerprint density at radius 2 is 1.90 bits per heavy atom. The van der Waals surface area contributed by atoms with Crippen LogP contribution < -0.4 is 0 Å². The van der Waals surface area contributed by atoms with E-state index in [9.17, 15) is 0 Å². The van der Waals surface area contributed by atoms with Gasteiger partial charge < -0.3 is 0 Å². The summed E-state index contributed by atoms with van der Waals surface area (Å²) in [6.45, 7) is 2.48. The second-order valence-corrected chi connectivity index (χ2v) is 6.79. The van der Waals surface area contributed by atoms with Crippen molar-refractivity contribution < 1.29 is 0 Å². The molecule has 1 heteroatoms. The summed E-state index contributed by atoms with van der Waals surface area (Å²) in [7, 11) is 0. The zero-order valence-electron chi connectivity index (χ0n) is 6.36. The summed E-state index contributed by atoms with van der Waals surface area (Å²) in [6.07, 6.45) is 6.23. The van der Waals surface area contributed by atoms with Crippen molar-refractivity contribution in [1.29, 1.82) is 0 Å². The molecule has 2 bridgehead atoms. The summed E-state index contributed by atoms with van der Waals surface area (Å²) in [6, 6.07) is 0. The topological polar surface area (TPSA) is 0 Å². The first-order valence-corrected chi connectivity index (χ1v) is 5.45. The maximum Gasteiger partial charge on any atom is 0.0290 e. The molecule has 2 atom stereocenters. The minimum Gasteiger partial charge on any atom is -0.0782 e. The van der Waals surface area contributed by atoms with Crippen molar-refractivity contribution in [3.8, 4) is 0 Å². The number of alkyl halides is 1. The average molecular weight is 248 g/mol. The van der Waals surface area contributed by atoms with Crippen LogP contribution in [0.5, 0.6) is 0 Å². The van der Waals surface area contributed by atoms with Crippen LogP contribution >= 0.6 is 22.6 Å². The van der Waals surface area contributed by atoms with Gasteiger partial charge in [-0.3, -0.25) is 0 Å². The second-order valence-electron chi connectivity index (χ2n) is 4.55. The lowest BCUT2D eigenvalue weighted by atomic mass is 9.86. The van der Waals surface area contributed by atoms with E-state index in [1.54, 1.807) is 25.7 Å². The minimum atomic E-state index is 0.728. The summed E-state index contributed by atoms with van der Waals surface area (Å²) in [5.41, 5.74) is 0.859. The lowest BCUT2D eigenvalue weighted by molar-refractivity contribution is 0.345. The van der Waals surface area contributed by atoms with Gasteiger partial charge in [-0.15, -0.1) is 0 Å². The zero-order valence-corrected chi connectivity index (χ0v) is 8.52. The van der Waals surface area contributed by atoms with Crippen molar-refractivity contribution in [2.45, 2.75) is 36.0 Å². The molecule has 56 valence electrons. The number of halogens is 1. The van der Waals surface area contributed by atoms with Crippen molar-refractivity contribution in [3.05, 3.63) is 0 Å². The highest BCUT2D eigenvalue weighted by molar-refractivity contribution is 14.1. The molecule has 0 aromatic rings. The van der Waals surface area contributed by atoms with Gasteiger partial charge >= 0.3 is 0 Å². The van der Waals surface area contributed by atoms with Crippen LogP contribution in [-0.2, 0) is 0 Å². The van der Waals surface area contributed by atoms with E-state index in [2.05, 4.69) is 29.5 Å². The van der Waals surface area contributed by atoms with Crippen LogP contribution in [0.25, 0.3) is 0 Å². The average Bonchev–Trinajstić information content (AvgIpc) is 2.38. The highest BCUT2D eigenvalue weighted by Gasteiger charge is 2.79. The maximum absolute atomic E-state index is 2.71. The molecule has 3 rings (SSSR count). The molecule has 3 aliphatic carbocycles. The monoisotopic (exact) mass is 248 g/mol. The van der Waals surface area contributed by atoms with Crippen LogP contribution in [0.2, 0.25) is 0 Å². The highest BCUT2D eigenvalue weighted by Crippen LogP contribution is 2.83. The van der Waals surface area contributed by atoms with Crippen LogP contribution in [0.1, 0.15) is 32.6 Å². The first-order chi connectivity index (χ1) is 4.68. The molecule has 3 aliphatic rings. The minimum absolute atomic E-state index is 0.728. The molecule has 0 aromatic heterocycles. The summed E-state index contributed by atoms with van der Waals surface area (Å²) in [4.78, 5) is 0. The van der Waals surface area contributed by atoms with Gasteiger partial charge in [0, 0.05) is 3.42 Å². The highest BCUT2D eigenvalue weighted by atomic mass is 127. The largest absolute Gasteiger partial charge is 0.0782 e. The van der Waals surface area contributed by atoms with E-state index < -0.39 is 0 Å². The lowest BCUT2D eigenvalue weighted by Crippen LogP contribution is -2.18. The molecule has 0 saturated heterocycles. The summed E-state index contributed by atoms with van der Waals surface area (Å²) < 4.78 is 0.728. The Kier molecular flexibility index (Phi) is 0.900. The summed E-state index contributed by atoms with van der Waals surface area (Å²) in [5, 5.41) is 0. The van der Waals surface area contributed by atoms with Gasteiger partial charge in [-0.25, -0.2) is 0 Å². The predicted molar refractivity (Wildman–Crippen MR) is 50.3 cm³/mol. The van der Waals surface area contributed by atoms with Gasteiger partial charge in [-0.05, 0) is 49.9 Å². The van der Waals surface area contributed by atoms with Gasteiger partial charge in [0.15, 0.2) is 0 Å². The van der Waals surface area contributed by atoms with E-state index in [4.69, 9.17) is 0 Å². The third-order valence-electron chi connectivity index (χ3n) is 4.46. The molecular formula is C9H13I. The molecule has 0 nitrogen and oxygen atoms in total. The molecular weight excluding hydrogens is 235 g/mol. The van der Waals surface area contributed by atoms with Crippen molar-refractivity contribution in [3.63, 3.8) is 0 Å². The Bertz CT molecular complexity index is 187. The summed E-state index contributed by atoms with van der Waals surface area (Å²) >= 11 is 2.71. The van der Waals surface area contributed by atoms with E-state index in [1.165, 1.54) is 0 Å². The normalized spacial score (nSPS) is 70.2. The van der Waals surface area contributed by atoms with Gasteiger partial charge in [-0.1, -0.05) is 22.6 Å². The first-order valence-electron chi connectivity index (χ1n) is 4.37. The molecule has 0 heterocycles. The van der Waals surface area contributed by atoms with E-state index in [0.29, 0.717) is 0 Å². The Balaban J connectivity index is 2.07. The lowest BCUT2D eigenvalue weighted by Gasteiger charge is -2.24. The fraction of sp³-hybridized carbons (Fsp3) is 1.00. The molecule has 3 fully saturated rings. The van der Waals surface area contributed by atoms with Gasteiger partial charge in [0.1, 0.15) is 0 Å². The Labute approximate surface area is 75.9 Å². The van der Waals surface area contributed by atoms with Gasteiger partial charge in [-0.2, -0.15) is 0 Å². The first kappa shape index (κ1) is 6.27. The Hall–Kier alpha value is 0.730. The molecule has 3 saturated carbocycles. The van der Waals surface area contributed by atoms with E-state index >= 15 is 0 Å². The molecule has 0 N–H and O–H groups in total. The standard InChI is InChI=1S/C9H13I/c1-8(10)7-6-2-4-9(7,8)5-3-6/h6-7H,2-5H2,1H3. The quantitative estimate of drug-likeness (QED) is 0.456. The van der Waals surface area contributed by atoms with Crippen LogP contribution in [0.3, 0.4) is 0 Å². The SMILES string of the molecule is CC1(I)C2C3CCC21CC3. The van der Waals surface area contributed by atoms with Gasteiger partial charge in [0.25, 0.3) is 0 Å². The Morgan fingerprint density at radius 1 is 1.30 bits per heavy atom. The van der Waals surface area contributed by atoms with Crippen molar-refractivity contribution in [1.82, 2.24) is 0 Å². The third kappa shape index (κ3) is 0.409. The van der Waals surface area contributed by atoms with Crippen molar-refractivity contribution in [2.75, 3.05) is 0 Å². The van der Waals surface area contributed by atoms with Crippen LogP contribution in [0, 0.1) is 17.3 Å². The van der Waals surface area contributed by atoms with Gasteiger partial charge in [0.05, 0.1) is 0 Å². The Morgan fingerprint density at radius 3 is 2.10 bits per heavy atom. The van der Waals surface area contributed by atoms with Crippen LogP contribution in [0.4, 0.5) is 0 Å². The zero-order chi connectivity index (χ0) is 6.98. The molecule has 0 radical (unpaired) electrons. The predicted octanol–water partition coefficient (Wildman–Crippen LogP) is 3.00. The van der Waals surface area contributed by atoms with Crippen molar-refractivity contribution >= 4 is 22.6 Å². The smallest absolute Gasteiger partial charge is 0.0290 e. The number of rotatable bonds is 0. The summed E-state index contributed by atoms with van der Waals surface area (Å²) in [5.74, 6) is 2.28. The number of hydrogen-bond acceptors (Lipinski definition) is 0. The molecule has 0 spiro atoms. The molecule has 0 aromatic carbocycles. The molecule has 0 aliphatic heterocycles. The number of hydrogen-bond donors (Lipinski definition) is 0. The van der Waals surface area contributed by atoms with E-state index in [-0.39, 0.29) is 0 Å². The van der Waals surface area contributed by atoms with Gasteiger partial charge in [0.2, 0.25) is 0 Å². The van der Waals surface area contributed by atoms with Crippen LogP contribution in [-0.4, -0.2) is 3.42 Å². The fourth-order valence-electron chi connectivity index (χ4n) is 3.95. The third-order valence-corrected chi connectivity index (χ3v) is 6.21. The second kappa shape index (κ2) is 1.44. The van der Waals surface area contributed by atoms with E-state index in [1.807, 2.05) is 0 Å². The molecule has 10 heavy (non-hydrogen) atoms. The molecule has 2 unspecified atom stereocenters. The van der Waals surface area contributed by atoms with Crippen molar-refractivity contribution in [2.24, 2.45) is 17.3 Å². The van der Waals surface area contributed by atoms with Crippen LogP contribution in [0.15, 0.2) is 0 Å². The fourth-order valence-corrected chi connectivity index (χ4v) is 5.77. The van der Waals surface area contributed by atoms with E-state index in [0.717, 1.165) is 20.7 Å². The molecule has 0 amide bonds. The maximum atomic E-state index is 2.71.